The number of nitrogens with one attached hydrogen (secondary N) is 1. The van der Waals surface area contributed by atoms with Gasteiger partial charge in [-0.15, -0.1) is 0 Å². The molecule has 4 aromatic rings. The van der Waals surface area contributed by atoms with Crippen LogP contribution >= 0.6 is 11.6 Å². The predicted molar refractivity (Wildman–Crippen MR) is 163 cm³/mol. The molecule has 0 bridgehead atoms. The molecule has 1 N–H and O–H groups in total. The minimum absolute atomic E-state index is 0.101. The van der Waals surface area contributed by atoms with Crippen molar-refractivity contribution in [3.63, 3.8) is 0 Å². The van der Waals surface area contributed by atoms with E-state index < -0.39 is 34.5 Å². The number of nitrogens with zero attached hydrogens (tertiary/aromatic N) is 2. The Morgan fingerprint density at radius 1 is 0.932 bits per heavy atom. The molecule has 0 unspecified atom stereocenters. The van der Waals surface area contributed by atoms with Crippen LogP contribution in [0.15, 0.2) is 107 Å². The lowest BCUT2D eigenvalue weighted by Crippen LogP contribution is -2.45. The standard InChI is InChI=1S/C32H32ClN3O7S/c33-26-10-8-24(9-11-26)22-36(31(25-5-2-1-3-6-25)32(38)34-21-28-7-4-18-42-28)30(37)23-43-27-12-14-29(15-13-27)44(39,40)35-16-19-41-20-17-35/h1-15,18,31H,16-17,19-23H2,(H,34,38)/t31-/m0/s1. The number of sulfonamides is 1. The van der Waals surface area contributed by atoms with E-state index in [-0.39, 0.29) is 31.1 Å². The Kier molecular flexibility index (Phi) is 10.3. The third kappa shape index (κ3) is 7.86. The van der Waals surface area contributed by atoms with Crippen molar-refractivity contribution >= 4 is 33.4 Å². The summed E-state index contributed by atoms with van der Waals surface area (Å²) < 4.78 is 43.8. The van der Waals surface area contributed by atoms with Crippen LogP contribution in [0.1, 0.15) is 22.9 Å². The van der Waals surface area contributed by atoms with E-state index in [2.05, 4.69) is 5.32 Å². The SMILES string of the molecule is O=C(NCc1ccco1)[C@H](c1ccccc1)N(Cc1ccc(Cl)cc1)C(=O)COc1ccc(S(=O)(=O)N2CCOCC2)cc1. The van der Waals surface area contributed by atoms with Crippen LogP contribution < -0.4 is 10.1 Å². The van der Waals surface area contributed by atoms with E-state index in [0.717, 1.165) is 5.56 Å². The van der Waals surface area contributed by atoms with Crippen LogP contribution in [0, 0.1) is 0 Å². The number of carbonyl (C=O) groups excluding carboxylic acids is 2. The Hall–Kier alpha value is -4.16. The first kappa shape index (κ1) is 31.3. The van der Waals surface area contributed by atoms with Gasteiger partial charge >= 0.3 is 0 Å². The molecule has 3 aromatic carbocycles. The van der Waals surface area contributed by atoms with E-state index in [1.165, 1.54) is 39.7 Å². The van der Waals surface area contributed by atoms with Gasteiger partial charge in [-0.25, -0.2) is 8.42 Å². The van der Waals surface area contributed by atoms with Gasteiger partial charge in [0, 0.05) is 24.7 Å². The lowest BCUT2D eigenvalue weighted by Gasteiger charge is -2.31. The highest BCUT2D eigenvalue weighted by molar-refractivity contribution is 7.89. The number of morpholine rings is 1. The highest BCUT2D eigenvalue weighted by atomic mass is 35.5. The second-order valence-electron chi connectivity index (χ2n) is 10.0. The van der Waals surface area contributed by atoms with Crippen molar-refractivity contribution in [2.75, 3.05) is 32.9 Å². The second kappa shape index (κ2) is 14.5. The summed E-state index contributed by atoms with van der Waals surface area (Å²) in [6.45, 7) is 1.13. The van der Waals surface area contributed by atoms with Gasteiger partial charge in [0.15, 0.2) is 6.61 Å². The molecular weight excluding hydrogens is 606 g/mol. The fraction of sp³-hybridized carbons (Fsp3) is 0.250. The van der Waals surface area contributed by atoms with Crippen molar-refractivity contribution < 1.29 is 31.9 Å². The zero-order valence-corrected chi connectivity index (χ0v) is 25.4. The third-order valence-corrected chi connectivity index (χ3v) is 9.24. The maximum atomic E-state index is 13.8. The van der Waals surface area contributed by atoms with Crippen molar-refractivity contribution in [2.45, 2.75) is 24.0 Å². The summed E-state index contributed by atoms with van der Waals surface area (Å²) >= 11 is 6.09. The molecule has 1 fully saturated rings. The predicted octanol–water partition coefficient (Wildman–Crippen LogP) is 4.42. The van der Waals surface area contributed by atoms with Crippen molar-refractivity contribution in [3.05, 3.63) is 119 Å². The largest absolute Gasteiger partial charge is 0.484 e. The van der Waals surface area contributed by atoms with Gasteiger partial charge in [0.25, 0.3) is 5.91 Å². The molecule has 44 heavy (non-hydrogen) atoms. The molecule has 0 spiro atoms. The number of benzene rings is 3. The van der Waals surface area contributed by atoms with Crippen LogP contribution in [0.2, 0.25) is 5.02 Å². The maximum absolute atomic E-state index is 13.8. The number of amides is 2. The Balaban J connectivity index is 1.36. The van der Waals surface area contributed by atoms with Gasteiger partial charge < -0.3 is 24.1 Å². The molecule has 0 radical (unpaired) electrons. The number of ether oxygens (including phenoxy) is 2. The summed E-state index contributed by atoms with van der Waals surface area (Å²) in [5.41, 5.74) is 1.38. The van der Waals surface area contributed by atoms with E-state index in [9.17, 15) is 18.0 Å². The summed E-state index contributed by atoms with van der Waals surface area (Å²) in [7, 11) is -3.67. The molecule has 10 nitrogen and oxygen atoms in total. The molecule has 1 atom stereocenters. The van der Waals surface area contributed by atoms with Crippen LogP contribution in [0.4, 0.5) is 0 Å². The molecule has 0 aliphatic carbocycles. The van der Waals surface area contributed by atoms with E-state index in [1.54, 1.807) is 60.7 Å². The highest BCUT2D eigenvalue weighted by Gasteiger charge is 2.32. The van der Waals surface area contributed by atoms with Gasteiger partial charge in [-0.05, 0) is 59.7 Å². The Morgan fingerprint density at radius 2 is 1.64 bits per heavy atom. The lowest BCUT2D eigenvalue weighted by molar-refractivity contribution is -0.143. The number of hydrogen-bond donors (Lipinski definition) is 1. The zero-order valence-electron chi connectivity index (χ0n) is 23.8. The van der Waals surface area contributed by atoms with Gasteiger partial charge in [0.2, 0.25) is 15.9 Å². The molecule has 2 heterocycles. The lowest BCUT2D eigenvalue weighted by atomic mass is 10.0. The summed E-state index contributed by atoms with van der Waals surface area (Å²) in [4.78, 5) is 29.1. The molecular formula is C32H32ClN3O7S. The smallest absolute Gasteiger partial charge is 0.261 e. The molecule has 5 rings (SSSR count). The average molecular weight is 638 g/mol. The normalized spacial score (nSPS) is 14.5. The monoisotopic (exact) mass is 637 g/mol. The Bertz CT molecular complexity index is 1630. The molecule has 12 heteroatoms. The van der Waals surface area contributed by atoms with E-state index >= 15 is 0 Å². The summed E-state index contributed by atoms with van der Waals surface area (Å²) in [5.74, 6) is 0.0342. The van der Waals surface area contributed by atoms with Crippen LogP contribution in [-0.4, -0.2) is 62.3 Å². The van der Waals surface area contributed by atoms with Gasteiger partial charge in [-0.1, -0.05) is 54.1 Å². The van der Waals surface area contributed by atoms with Crippen LogP contribution in [0.3, 0.4) is 0 Å². The highest BCUT2D eigenvalue weighted by Crippen LogP contribution is 2.26. The summed E-state index contributed by atoms with van der Waals surface area (Å²) in [6.07, 6.45) is 1.52. The van der Waals surface area contributed by atoms with Crippen LogP contribution in [0.5, 0.6) is 5.75 Å². The Morgan fingerprint density at radius 3 is 2.30 bits per heavy atom. The molecule has 230 valence electrons. The molecule has 1 saturated heterocycles. The van der Waals surface area contributed by atoms with Crippen molar-refractivity contribution in [3.8, 4) is 5.75 Å². The molecule has 1 aromatic heterocycles. The molecule has 2 amide bonds. The number of rotatable bonds is 12. The number of carbonyl (C=O) groups is 2. The first-order valence-electron chi connectivity index (χ1n) is 14.0. The van der Waals surface area contributed by atoms with Gasteiger partial charge in [0.1, 0.15) is 17.6 Å². The van der Waals surface area contributed by atoms with E-state index in [0.29, 0.717) is 35.3 Å². The molecule has 1 aliphatic heterocycles. The van der Waals surface area contributed by atoms with Gasteiger partial charge in [-0.3, -0.25) is 9.59 Å². The Labute approximate surface area is 261 Å². The van der Waals surface area contributed by atoms with Crippen molar-refractivity contribution in [2.24, 2.45) is 0 Å². The fourth-order valence-corrected chi connectivity index (χ4v) is 6.31. The molecule has 1 aliphatic rings. The summed E-state index contributed by atoms with van der Waals surface area (Å²) in [6, 6.07) is 24.4. The maximum Gasteiger partial charge on any atom is 0.261 e. The third-order valence-electron chi connectivity index (χ3n) is 7.07. The minimum Gasteiger partial charge on any atom is -0.484 e. The summed E-state index contributed by atoms with van der Waals surface area (Å²) in [5, 5.41) is 3.42. The van der Waals surface area contributed by atoms with Crippen LogP contribution in [0.25, 0.3) is 0 Å². The van der Waals surface area contributed by atoms with Gasteiger partial charge in [0.05, 0.1) is 30.9 Å². The fourth-order valence-electron chi connectivity index (χ4n) is 4.77. The number of furan rings is 1. The first-order chi connectivity index (χ1) is 21.3. The topological polar surface area (TPSA) is 118 Å². The zero-order chi connectivity index (χ0) is 30.9. The second-order valence-corrected chi connectivity index (χ2v) is 12.4. The first-order valence-corrected chi connectivity index (χ1v) is 15.8. The van der Waals surface area contributed by atoms with Crippen molar-refractivity contribution in [1.29, 1.82) is 0 Å². The van der Waals surface area contributed by atoms with Gasteiger partial charge in [-0.2, -0.15) is 4.31 Å². The number of halogens is 1. The average Bonchev–Trinajstić information content (AvgIpc) is 3.58. The van der Waals surface area contributed by atoms with E-state index in [1.807, 2.05) is 6.07 Å². The quantitative estimate of drug-likeness (QED) is 0.244. The minimum atomic E-state index is -3.67. The molecule has 0 saturated carbocycles. The van der Waals surface area contributed by atoms with Crippen LogP contribution in [-0.2, 0) is 37.4 Å². The number of hydrogen-bond acceptors (Lipinski definition) is 7. The van der Waals surface area contributed by atoms with Crippen molar-refractivity contribution in [1.82, 2.24) is 14.5 Å². The van der Waals surface area contributed by atoms with E-state index in [4.69, 9.17) is 25.5 Å².